The van der Waals surface area contributed by atoms with Crippen molar-refractivity contribution >= 4 is 22.5 Å². The van der Waals surface area contributed by atoms with Crippen molar-refractivity contribution in [1.29, 1.82) is 0 Å². The minimum atomic E-state index is -0.228. The summed E-state index contributed by atoms with van der Waals surface area (Å²) in [6.07, 6.45) is 0.225. The van der Waals surface area contributed by atoms with Crippen molar-refractivity contribution in [2.24, 2.45) is 0 Å². The van der Waals surface area contributed by atoms with Crippen molar-refractivity contribution in [3.8, 4) is 5.95 Å². The summed E-state index contributed by atoms with van der Waals surface area (Å²) < 4.78 is 1.45. The van der Waals surface area contributed by atoms with Crippen LogP contribution in [-0.2, 0) is 11.2 Å². The van der Waals surface area contributed by atoms with Crippen LogP contribution in [0.4, 0.5) is 5.82 Å². The van der Waals surface area contributed by atoms with Crippen LogP contribution in [0.15, 0.2) is 53.3 Å². The van der Waals surface area contributed by atoms with E-state index < -0.39 is 0 Å². The number of aromatic amines is 1. The zero-order valence-electron chi connectivity index (χ0n) is 16.5. The Bertz CT molecular complexity index is 1280. The number of amides is 1. The first-order valence-corrected chi connectivity index (χ1v) is 9.33. The van der Waals surface area contributed by atoms with Crippen LogP contribution in [-0.4, -0.2) is 25.7 Å². The molecule has 2 aromatic heterocycles. The van der Waals surface area contributed by atoms with Gasteiger partial charge in [-0.2, -0.15) is 9.78 Å². The van der Waals surface area contributed by atoms with Crippen LogP contribution in [0.1, 0.15) is 22.5 Å². The van der Waals surface area contributed by atoms with Gasteiger partial charge in [0.15, 0.2) is 0 Å². The van der Waals surface area contributed by atoms with Gasteiger partial charge in [-0.3, -0.25) is 14.6 Å². The van der Waals surface area contributed by atoms with Crippen molar-refractivity contribution in [3.63, 3.8) is 0 Å². The minimum absolute atomic E-state index is 0.173. The first-order chi connectivity index (χ1) is 13.9. The summed E-state index contributed by atoms with van der Waals surface area (Å²) in [4.78, 5) is 32.0. The normalized spacial score (nSPS) is 11.0. The second kappa shape index (κ2) is 7.35. The Balaban J connectivity index is 1.63. The Morgan fingerprint density at radius 1 is 1.10 bits per heavy atom. The quantitative estimate of drug-likeness (QED) is 0.562. The lowest BCUT2D eigenvalue weighted by Crippen LogP contribution is -2.21. The van der Waals surface area contributed by atoms with Gasteiger partial charge in [-0.25, -0.2) is 4.98 Å². The fourth-order valence-corrected chi connectivity index (χ4v) is 3.29. The molecule has 1 amide bonds. The number of aromatic nitrogens is 4. The molecule has 0 unspecified atom stereocenters. The van der Waals surface area contributed by atoms with E-state index in [2.05, 4.69) is 20.4 Å². The number of nitrogens with one attached hydrogen (secondary N) is 2. The van der Waals surface area contributed by atoms with Crippen molar-refractivity contribution in [3.05, 3.63) is 81.4 Å². The molecule has 0 bridgehead atoms. The molecule has 0 aliphatic carbocycles. The van der Waals surface area contributed by atoms with Crippen LogP contribution in [0.25, 0.3) is 16.7 Å². The lowest BCUT2D eigenvalue weighted by molar-refractivity contribution is -0.115. The average Bonchev–Trinajstić information content (AvgIpc) is 3.06. The van der Waals surface area contributed by atoms with E-state index >= 15 is 0 Å². The first kappa shape index (κ1) is 18.6. The zero-order valence-corrected chi connectivity index (χ0v) is 16.5. The van der Waals surface area contributed by atoms with Gasteiger partial charge in [-0.05, 0) is 37.1 Å². The molecule has 0 atom stereocenters. The Morgan fingerprint density at radius 3 is 2.66 bits per heavy atom. The summed E-state index contributed by atoms with van der Waals surface area (Å²) in [5, 5.41) is 9.41. The molecule has 0 saturated heterocycles. The number of benzene rings is 2. The first-order valence-electron chi connectivity index (χ1n) is 9.33. The van der Waals surface area contributed by atoms with Gasteiger partial charge in [0.05, 0.1) is 12.1 Å². The summed E-state index contributed by atoms with van der Waals surface area (Å²) in [7, 11) is 0. The number of carbonyl (C=O) groups excluding carboxylic acids is 1. The number of carbonyl (C=O) groups is 1. The van der Waals surface area contributed by atoms with Crippen LogP contribution >= 0.6 is 0 Å². The third-order valence-electron chi connectivity index (χ3n) is 4.91. The summed E-state index contributed by atoms with van der Waals surface area (Å²) in [5.74, 6) is 0.555. The van der Waals surface area contributed by atoms with E-state index in [-0.39, 0.29) is 23.8 Å². The molecule has 0 saturated carbocycles. The van der Waals surface area contributed by atoms with E-state index in [9.17, 15) is 9.59 Å². The molecule has 2 heterocycles. The van der Waals surface area contributed by atoms with Gasteiger partial charge in [0.2, 0.25) is 11.9 Å². The molecule has 2 aromatic carbocycles. The van der Waals surface area contributed by atoms with E-state index in [1.807, 2.05) is 49.4 Å². The van der Waals surface area contributed by atoms with Crippen LogP contribution in [0.2, 0.25) is 0 Å². The molecule has 29 heavy (non-hydrogen) atoms. The van der Waals surface area contributed by atoms with Crippen LogP contribution in [0.5, 0.6) is 0 Å². The molecular weight excluding hydrogens is 366 g/mol. The predicted molar refractivity (Wildman–Crippen MR) is 112 cm³/mol. The Morgan fingerprint density at radius 2 is 1.86 bits per heavy atom. The molecule has 7 nitrogen and oxygen atoms in total. The molecule has 0 radical (unpaired) electrons. The van der Waals surface area contributed by atoms with Crippen LogP contribution < -0.4 is 10.9 Å². The third kappa shape index (κ3) is 3.67. The summed E-state index contributed by atoms with van der Waals surface area (Å²) in [6, 6.07) is 15.6. The molecule has 0 aliphatic heterocycles. The number of fused-ring (bicyclic) bond motifs is 1. The maximum Gasteiger partial charge on any atom is 0.255 e. The second-order valence-electron chi connectivity index (χ2n) is 7.05. The highest BCUT2D eigenvalue weighted by Crippen LogP contribution is 2.20. The fourth-order valence-electron chi connectivity index (χ4n) is 3.29. The SMILES string of the molecule is Cc1cc(NC(=O)Cc2cccc3ccccc23)n(-c2nc(C)c(C)c(=O)[nH]2)n1. The fraction of sp³-hybridized carbons (Fsp3) is 0.182. The van der Waals surface area contributed by atoms with Gasteiger partial charge in [0, 0.05) is 17.3 Å². The minimum Gasteiger partial charge on any atom is -0.310 e. The molecule has 4 aromatic rings. The second-order valence-corrected chi connectivity index (χ2v) is 7.05. The Hall–Kier alpha value is -3.74. The molecule has 0 aliphatic rings. The molecule has 0 spiro atoms. The number of rotatable bonds is 4. The number of H-pyrrole nitrogens is 1. The number of anilines is 1. The van der Waals surface area contributed by atoms with Gasteiger partial charge >= 0.3 is 0 Å². The number of nitrogens with zero attached hydrogens (tertiary/aromatic N) is 3. The van der Waals surface area contributed by atoms with Crippen molar-refractivity contribution in [2.75, 3.05) is 5.32 Å². The molecule has 0 fully saturated rings. The Labute approximate surface area is 167 Å². The van der Waals surface area contributed by atoms with Crippen molar-refractivity contribution < 1.29 is 4.79 Å². The predicted octanol–water partition coefficient (Wildman–Crippen LogP) is 3.22. The summed E-state index contributed by atoms with van der Waals surface area (Å²) in [5.41, 5.74) is 2.59. The lowest BCUT2D eigenvalue weighted by Gasteiger charge is -2.10. The van der Waals surface area contributed by atoms with Crippen molar-refractivity contribution in [1.82, 2.24) is 19.7 Å². The maximum absolute atomic E-state index is 12.8. The number of aryl methyl sites for hydroxylation is 2. The molecule has 146 valence electrons. The average molecular weight is 387 g/mol. The van der Waals surface area contributed by atoms with E-state index in [0.29, 0.717) is 22.8 Å². The maximum atomic E-state index is 12.8. The molecular formula is C22H21N5O2. The largest absolute Gasteiger partial charge is 0.310 e. The lowest BCUT2D eigenvalue weighted by atomic mass is 10.0. The molecule has 7 heteroatoms. The van der Waals surface area contributed by atoms with E-state index in [1.165, 1.54) is 4.68 Å². The topological polar surface area (TPSA) is 92.7 Å². The number of hydrogen-bond donors (Lipinski definition) is 2. The Kier molecular flexibility index (Phi) is 4.72. The monoisotopic (exact) mass is 387 g/mol. The van der Waals surface area contributed by atoms with Gasteiger partial charge < -0.3 is 5.32 Å². The van der Waals surface area contributed by atoms with Gasteiger partial charge in [-0.1, -0.05) is 42.5 Å². The summed E-state index contributed by atoms with van der Waals surface area (Å²) in [6.45, 7) is 5.30. The van der Waals surface area contributed by atoms with Gasteiger partial charge in [-0.15, -0.1) is 0 Å². The standard InChI is InChI=1S/C22H21N5O2/c1-13-11-19(27(26-13)22-23-15(3)14(2)21(29)25-22)24-20(28)12-17-9-6-8-16-7-4-5-10-18(16)17/h4-11H,12H2,1-3H3,(H,24,28)(H,23,25,29). The van der Waals surface area contributed by atoms with E-state index in [4.69, 9.17) is 0 Å². The number of hydrogen-bond acceptors (Lipinski definition) is 4. The zero-order chi connectivity index (χ0) is 20.5. The highest BCUT2D eigenvalue weighted by atomic mass is 16.1. The van der Waals surface area contributed by atoms with Gasteiger partial charge in [0.25, 0.3) is 5.56 Å². The van der Waals surface area contributed by atoms with Crippen LogP contribution in [0.3, 0.4) is 0 Å². The highest BCUT2D eigenvalue weighted by Gasteiger charge is 2.15. The molecule has 4 rings (SSSR count). The van der Waals surface area contributed by atoms with Crippen LogP contribution in [0, 0.1) is 20.8 Å². The highest BCUT2D eigenvalue weighted by molar-refractivity contribution is 5.95. The third-order valence-corrected chi connectivity index (χ3v) is 4.91. The van der Waals surface area contributed by atoms with E-state index in [0.717, 1.165) is 16.3 Å². The van der Waals surface area contributed by atoms with Crippen molar-refractivity contribution in [2.45, 2.75) is 27.2 Å². The smallest absolute Gasteiger partial charge is 0.255 e. The molecule has 2 N–H and O–H groups in total. The summed E-state index contributed by atoms with van der Waals surface area (Å²) >= 11 is 0. The van der Waals surface area contributed by atoms with Gasteiger partial charge in [0.1, 0.15) is 5.82 Å². The van der Waals surface area contributed by atoms with E-state index in [1.54, 1.807) is 19.9 Å².